The monoisotopic (exact) mass is 253 g/mol. The first-order chi connectivity index (χ1) is 8.40. The minimum atomic E-state index is -1.52. The number of benzene rings is 1. The lowest BCUT2D eigenvalue weighted by Gasteiger charge is -2.07. The van der Waals surface area contributed by atoms with Crippen molar-refractivity contribution in [3.63, 3.8) is 0 Å². The molecule has 0 bridgehead atoms. The number of anilines is 1. The van der Waals surface area contributed by atoms with E-state index in [1.807, 2.05) is 0 Å². The number of nitrogen functional groups attached to an aromatic ring is 1. The number of aromatic nitrogens is 2. The molecule has 2 N–H and O–H groups in total. The van der Waals surface area contributed by atoms with Crippen LogP contribution in [0.3, 0.4) is 0 Å². The molecule has 0 amide bonds. The molecule has 2 aromatic rings. The Balaban J connectivity index is 2.63. The van der Waals surface area contributed by atoms with Crippen molar-refractivity contribution in [1.82, 2.24) is 9.97 Å². The smallest absolute Gasteiger partial charge is 0.194 e. The minimum Gasteiger partial charge on any atom is -0.383 e. The molecule has 94 valence electrons. The number of rotatable bonds is 1. The van der Waals surface area contributed by atoms with Gasteiger partial charge in [0.2, 0.25) is 0 Å². The molecule has 0 saturated heterocycles. The van der Waals surface area contributed by atoms with E-state index in [1.165, 1.54) is 0 Å². The summed E-state index contributed by atoms with van der Waals surface area (Å²) in [7, 11) is 0. The number of halogens is 3. The Morgan fingerprint density at radius 1 is 1.00 bits per heavy atom. The van der Waals surface area contributed by atoms with Crippen molar-refractivity contribution in [2.75, 3.05) is 5.73 Å². The van der Waals surface area contributed by atoms with Crippen molar-refractivity contribution in [1.29, 1.82) is 0 Å². The Bertz CT molecular complexity index is 524. The van der Waals surface area contributed by atoms with E-state index < -0.39 is 17.5 Å². The predicted molar refractivity (Wildman–Crippen MR) is 61.2 cm³/mol. The standard InChI is InChI=1S/C12H10F3N3/c1-5-6(2)17-12(18-11(5)16)7-3-8(13)10(15)9(14)4-7/h3-4H,1-2H3,(H2,16,17,18). The molecule has 1 aromatic heterocycles. The Morgan fingerprint density at radius 3 is 2.06 bits per heavy atom. The molecule has 3 nitrogen and oxygen atoms in total. The van der Waals surface area contributed by atoms with Gasteiger partial charge in [-0.1, -0.05) is 0 Å². The molecule has 1 aromatic carbocycles. The van der Waals surface area contributed by atoms with Gasteiger partial charge in [0.05, 0.1) is 0 Å². The average Bonchev–Trinajstić information content (AvgIpc) is 2.31. The van der Waals surface area contributed by atoms with Crippen LogP contribution in [-0.2, 0) is 0 Å². The third kappa shape index (κ3) is 2.01. The molecule has 0 aliphatic heterocycles. The molecule has 2 rings (SSSR count). The molecule has 6 heteroatoms. The summed E-state index contributed by atoms with van der Waals surface area (Å²) in [6.07, 6.45) is 0. The predicted octanol–water partition coefficient (Wildman–Crippen LogP) is 2.76. The second-order valence-corrected chi connectivity index (χ2v) is 3.90. The highest BCUT2D eigenvalue weighted by Crippen LogP contribution is 2.23. The van der Waals surface area contributed by atoms with E-state index in [0.717, 1.165) is 12.1 Å². The Morgan fingerprint density at radius 2 is 1.56 bits per heavy atom. The molecule has 1 heterocycles. The van der Waals surface area contributed by atoms with Crippen LogP contribution in [0.25, 0.3) is 11.4 Å². The van der Waals surface area contributed by atoms with Gasteiger partial charge in [0, 0.05) is 16.8 Å². The lowest BCUT2D eigenvalue weighted by Crippen LogP contribution is -2.03. The van der Waals surface area contributed by atoms with Crippen molar-refractivity contribution >= 4 is 5.82 Å². The highest BCUT2D eigenvalue weighted by Gasteiger charge is 2.14. The summed E-state index contributed by atoms with van der Waals surface area (Å²) in [4.78, 5) is 8.00. The van der Waals surface area contributed by atoms with Crippen LogP contribution in [0.15, 0.2) is 12.1 Å². The quantitative estimate of drug-likeness (QED) is 0.795. The van der Waals surface area contributed by atoms with Crippen LogP contribution in [0.2, 0.25) is 0 Å². The molecule has 0 atom stereocenters. The SMILES string of the molecule is Cc1nc(-c2cc(F)c(F)c(F)c2)nc(N)c1C. The van der Waals surface area contributed by atoms with Gasteiger partial charge in [0.25, 0.3) is 0 Å². The minimum absolute atomic E-state index is 0.0428. The van der Waals surface area contributed by atoms with Gasteiger partial charge in [-0.15, -0.1) is 0 Å². The van der Waals surface area contributed by atoms with E-state index in [0.29, 0.717) is 11.3 Å². The molecule has 0 radical (unpaired) electrons. The van der Waals surface area contributed by atoms with Crippen LogP contribution in [0.4, 0.5) is 19.0 Å². The summed E-state index contributed by atoms with van der Waals surface area (Å²) in [5.41, 5.74) is 6.99. The largest absolute Gasteiger partial charge is 0.383 e. The lowest BCUT2D eigenvalue weighted by molar-refractivity contribution is 0.447. The van der Waals surface area contributed by atoms with Gasteiger partial charge < -0.3 is 5.73 Å². The number of aryl methyl sites for hydroxylation is 1. The van der Waals surface area contributed by atoms with Gasteiger partial charge in [-0.3, -0.25) is 0 Å². The number of nitrogens with zero attached hydrogens (tertiary/aromatic N) is 2. The summed E-state index contributed by atoms with van der Waals surface area (Å²) in [5, 5.41) is 0. The van der Waals surface area contributed by atoms with Gasteiger partial charge >= 0.3 is 0 Å². The van der Waals surface area contributed by atoms with Gasteiger partial charge in [0.15, 0.2) is 23.3 Å². The molecule has 0 aliphatic carbocycles. The summed E-state index contributed by atoms with van der Waals surface area (Å²) < 4.78 is 39.0. The van der Waals surface area contributed by atoms with Gasteiger partial charge in [-0.2, -0.15) is 0 Å². The van der Waals surface area contributed by atoms with E-state index >= 15 is 0 Å². The third-order valence-electron chi connectivity index (χ3n) is 2.67. The summed E-state index contributed by atoms with van der Waals surface area (Å²) >= 11 is 0. The second kappa shape index (κ2) is 4.29. The topological polar surface area (TPSA) is 51.8 Å². The first-order valence-electron chi connectivity index (χ1n) is 5.15. The van der Waals surface area contributed by atoms with Crippen LogP contribution >= 0.6 is 0 Å². The fraction of sp³-hybridized carbons (Fsp3) is 0.167. The summed E-state index contributed by atoms with van der Waals surface area (Å²) in [6.45, 7) is 3.44. The van der Waals surface area contributed by atoms with Crippen LogP contribution < -0.4 is 5.73 Å². The Hall–Kier alpha value is -2.11. The first kappa shape index (κ1) is 12.3. The zero-order chi connectivity index (χ0) is 13.4. The third-order valence-corrected chi connectivity index (χ3v) is 2.67. The Kier molecular flexibility index (Phi) is 2.94. The maximum Gasteiger partial charge on any atom is 0.194 e. The molecular formula is C12H10F3N3. The molecule has 0 aliphatic rings. The maximum absolute atomic E-state index is 13.1. The molecular weight excluding hydrogens is 243 g/mol. The number of nitrogens with two attached hydrogens (primary N) is 1. The number of hydrogen-bond donors (Lipinski definition) is 1. The fourth-order valence-electron chi connectivity index (χ4n) is 1.46. The van der Waals surface area contributed by atoms with Gasteiger partial charge in [0.1, 0.15) is 5.82 Å². The summed E-state index contributed by atoms with van der Waals surface area (Å²) in [6, 6.07) is 1.67. The van der Waals surface area contributed by atoms with Gasteiger partial charge in [-0.25, -0.2) is 23.1 Å². The molecule has 0 fully saturated rings. The molecule has 0 saturated carbocycles. The van der Waals surface area contributed by atoms with E-state index in [-0.39, 0.29) is 17.2 Å². The van der Waals surface area contributed by atoms with Crippen molar-refractivity contribution in [2.24, 2.45) is 0 Å². The van der Waals surface area contributed by atoms with Crippen LogP contribution in [0.1, 0.15) is 11.3 Å². The lowest BCUT2D eigenvalue weighted by atomic mass is 10.1. The second-order valence-electron chi connectivity index (χ2n) is 3.90. The van der Waals surface area contributed by atoms with Crippen molar-refractivity contribution < 1.29 is 13.2 Å². The van der Waals surface area contributed by atoms with E-state index in [1.54, 1.807) is 13.8 Å². The maximum atomic E-state index is 13.1. The van der Waals surface area contributed by atoms with Crippen LogP contribution in [-0.4, -0.2) is 9.97 Å². The van der Waals surface area contributed by atoms with E-state index in [9.17, 15) is 13.2 Å². The van der Waals surface area contributed by atoms with Crippen LogP contribution in [0, 0.1) is 31.3 Å². The van der Waals surface area contributed by atoms with Crippen molar-refractivity contribution in [3.05, 3.63) is 40.8 Å². The number of hydrogen-bond acceptors (Lipinski definition) is 3. The molecule has 0 unspecified atom stereocenters. The molecule has 18 heavy (non-hydrogen) atoms. The normalized spacial score (nSPS) is 10.7. The van der Waals surface area contributed by atoms with Crippen LogP contribution in [0.5, 0.6) is 0 Å². The fourth-order valence-corrected chi connectivity index (χ4v) is 1.46. The van der Waals surface area contributed by atoms with Gasteiger partial charge in [-0.05, 0) is 26.0 Å². The molecule has 0 spiro atoms. The zero-order valence-corrected chi connectivity index (χ0v) is 9.76. The van der Waals surface area contributed by atoms with E-state index in [4.69, 9.17) is 5.73 Å². The highest BCUT2D eigenvalue weighted by molar-refractivity contribution is 5.58. The first-order valence-corrected chi connectivity index (χ1v) is 5.15. The van der Waals surface area contributed by atoms with Crippen molar-refractivity contribution in [3.8, 4) is 11.4 Å². The Labute approximate surface area is 101 Å². The summed E-state index contributed by atoms with van der Waals surface area (Å²) in [5.74, 6) is -3.80. The zero-order valence-electron chi connectivity index (χ0n) is 9.76. The average molecular weight is 253 g/mol. The highest BCUT2D eigenvalue weighted by atomic mass is 19.2. The van der Waals surface area contributed by atoms with Crippen molar-refractivity contribution in [2.45, 2.75) is 13.8 Å². The van der Waals surface area contributed by atoms with E-state index in [2.05, 4.69) is 9.97 Å².